The molecule has 1 aromatic carbocycles. The Morgan fingerprint density at radius 2 is 2.12 bits per heavy atom. The Morgan fingerprint density at radius 1 is 1.53 bits per heavy atom. The van der Waals surface area contributed by atoms with Crippen LogP contribution in [0.1, 0.15) is 6.92 Å². The van der Waals surface area contributed by atoms with Gasteiger partial charge in [-0.15, -0.1) is 0 Å². The highest BCUT2D eigenvalue weighted by Gasteiger charge is 2.27. The Balaban J connectivity index is 3.26. The molecule has 0 saturated carbocycles. The van der Waals surface area contributed by atoms with E-state index in [0.29, 0.717) is 0 Å². The van der Waals surface area contributed by atoms with Gasteiger partial charge in [0.05, 0.1) is 6.61 Å². The molecule has 96 valence electrons. The fourth-order valence-electron chi connectivity index (χ4n) is 1.22. The van der Waals surface area contributed by atoms with Crippen LogP contribution < -0.4 is 5.73 Å². The number of anilines is 1. The topological polar surface area (TPSA) is 83.6 Å². The maximum absolute atomic E-state index is 13.5. The van der Waals surface area contributed by atoms with Crippen molar-refractivity contribution in [3.63, 3.8) is 0 Å². The van der Waals surface area contributed by atoms with Gasteiger partial charge in [-0.1, -0.05) is 0 Å². The van der Waals surface area contributed by atoms with Gasteiger partial charge in [0.1, 0.15) is 10.7 Å². The van der Waals surface area contributed by atoms with E-state index in [1.165, 1.54) is 20.0 Å². The number of aliphatic hydroxyl groups is 1. The van der Waals surface area contributed by atoms with Gasteiger partial charge in [0, 0.05) is 18.8 Å². The Bertz CT molecular complexity index is 504. The van der Waals surface area contributed by atoms with Gasteiger partial charge in [-0.25, -0.2) is 12.8 Å². The molecule has 0 aliphatic carbocycles. The number of hydrogen-bond acceptors (Lipinski definition) is 4. The minimum Gasteiger partial charge on any atom is -0.399 e. The first kappa shape index (κ1) is 13.9. The lowest BCUT2D eigenvalue weighted by molar-refractivity contribution is 0.213. The van der Waals surface area contributed by atoms with Gasteiger partial charge in [0.2, 0.25) is 10.0 Å². The Hall–Kier alpha value is -1.18. The van der Waals surface area contributed by atoms with E-state index in [-0.39, 0.29) is 12.3 Å². The number of nitrogens with two attached hydrogens (primary N) is 1. The summed E-state index contributed by atoms with van der Waals surface area (Å²) in [6.07, 6.45) is 0. The predicted octanol–water partition coefficient (Wildman–Crippen LogP) is 0.409. The highest BCUT2D eigenvalue weighted by molar-refractivity contribution is 7.89. The van der Waals surface area contributed by atoms with Crippen LogP contribution in [0.4, 0.5) is 10.1 Å². The Kier molecular flexibility index (Phi) is 4.07. The molecule has 0 heterocycles. The summed E-state index contributed by atoms with van der Waals surface area (Å²) in [6.45, 7) is 1.17. The summed E-state index contributed by atoms with van der Waals surface area (Å²) in [5.74, 6) is -0.865. The molecule has 0 radical (unpaired) electrons. The summed E-state index contributed by atoms with van der Waals surface area (Å²) in [5, 5.41) is 8.91. The molecule has 7 heteroatoms. The third-order valence-electron chi connectivity index (χ3n) is 2.50. The second-order valence-electron chi connectivity index (χ2n) is 3.74. The Labute approximate surface area is 99.7 Å². The molecular formula is C10H15FN2O3S. The van der Waals surface area contributed by atoms with E-state index in [4.69, 9.17) is 10.8 Å². The fourth-order valence-corrected chi connectivity index (χ4v) is 2.67. The summed E-state index contributed by atoms with van der Waals surface area (Å²) in [4.78, 5) is -0.486. The lowest BCUT2D eigenvalue weighted by Gasteiger charge is -2.22. The molecule has 1 unspecified atom stereocenters. The molecule has 17 heavy (non-hydrogen) atoms. The van der Waals surface area contributed by atoms with Crippen LogP contribution in [0, 0.1) is 5.82 Å². The van der Waals surface area contributed by atoms with Gasteiger partial charge in [0.15, 0.2) is 0 Å². The molecule has 0 amide bonds. The molecule has 1 aromatic rings. The third-order valence-corrected chi connectivity index (χ3v) is 4.48. The van der Waals surface area contributed by atoms with E-state index in [1.54, 1.807) is 0 Å². The molecule has 0 saturated heterocycles. The van der Waals surface area contributed by atoms with Gasteiger partial charge < -0.3 is 10.8 Å². The largest absolute Gasteiger partial charge is 0.399 e. The molecule has 3 N–H and O–H groups in total. The summed E-state index contributed by atoms with van der Waals surface area (Å²) in [6, 6.07) is 2.70. The maximum Gasteiger partial charge on any atom is 0.246 e. The van der Waals surface area contributed by atoms with Crippen molar-refractivity contribution >= 4 is 15.7 Å². The fraction of sp³-hybridized carbons (Fsp3) is 0.400. The van der Waals surface area contributed by atoms with Crippen molar-refractivity contribution in [2.45, 2.75) is 17.9 Å². The summed E-state index contributed by atoms with van der Waals surface area (Å²) >= 11 is 0. The average molecular weight is 262 g/mol. The first-order chi connectivity index (χ1) is 7.80. The first-order valence-corrected chi connectivity index (χ1v) is 6.38. The van der Waals surface area contributed by atoms with Crippen LogP contribution in [0.3, 0.4) is 0 Å². The molecule has 5 nitrogen and oxygen atoms in total. The van der Waals surface area contributed by atoms with E-state index >= 15 is 0 Å². The van der Waals surface area contributed by atoms with E-state index in [0.717, 1.165) is 16.4 Å². The zero-order valence-electron chi connectivity index (χ0n) is 9.59. The number of benzene rings is 1. The number of rotatable bonds is 4. The van der Waals surface area contributed by atoms with Gasteiger partial charge >= 0.3 is 0 Å². The minimum absolute atomic E-state index is 0.162. The van der Waals surface area contributed by atoms with E-state index in [1.807, 2.05) is 0 Å². The normalized spacial score (nSPS) is 13.9. The highest BCUT2D eigenvalue weighted by atomic mass is 32.2. The van der Waals surface area contributed by atoms with Crippen molar-refractivity contribution in [2.24, 2.45) is 0 Å². The van der Waals surface area contributed by atoms with Crippen LogP contribution in [-0.2, 0) is 10.0 Å². The number of hydrogen-bond donors (Lipinski definition) is 2. The van der Waals surface area contributed by atoms with Crippen molar-refractivity contribution in [1.29, 1.82) is 0 Å². The number of nitrogens with zero attached hydrogens (tertiary/aromatic N) is 1. The lowest BCUT2D eigenvalue weighted by Crippen LogP contribution is -2.37. The molecule has 0 aromatic heterocycles. The summed E-state index contributed by atoms with van der Waals surface area (Å²) in [7, 11) is -2.71. The number of nitrogen functional groups attached to an aromatic ring is 1. The molecule has 0 bridgehead atoms. The summed E-state index contributed by atoms with van der Waals surface area (Å²) in [5.41, 5.74) is 5.60. The van der Waals surface area contributed by atoms with Gasteiger partial charge in [-0.2, -0.15) is 4.31 Å². The van der Waals surface area contributed by atoms with Gasteiger partial charge in [-0.05, 0) is 25.1 Å². The molecule has 0 aliphatic heterocycles. The van der Waals surface area contributed by atoms with Crippen molar-refractivity contribution in [1.82, 2.24) is 4.31 Å². The number of halogens is 1. The van der Waals surface area contributed by atoms with Crippen LogP contribution >= 0.6 is 0 Å². The molecule has 0 spiro atoms. The van der Waals surface area contributed by atoms with Gasteiger partial charge in [0.25, 0.3) is 0 Å². The molecule has 1 rings (SSSR count). The van der Waals surface area contributed by atoms with Crippen LogP contribution in [0.5, 0.6) is 0 Å². The van der Waals surface area contributed by atoms with E-state index in [2.05, 4.69) is 0 Å². The SMILES string of the molecule is CC(CO)N(C)S(=O)(=O)c1cc(N)ccc1F. The molecule has 0 aliphatic rings. The van der Waals surface area contributed by atoms with Crippen LogP contribution in [0.15, 0.2) is 23.1 Å². The second-order valence-corrected chi connectivity index (χ2v) is 5.71. The number of likely N-dealkylation sites (N-methyl/N-ethyl adjacent to an activating group) is 1. The van der Waals surface area contributed by atoms with Crippen molar-refractivity contribution in [2.75, 3.05) is 19.4 Å². The Morgan fingerprint density at radius 3 is 2.65 bits per heavy atom. The lowest BCUT2D eigenvalue weighted by atomic mass is 10.3. The standard InChI is InChI=1S/C10H15FN2O3S/c1-7(6-14)13(2)17(15,16)10-5-8(12)3-4-9(10)11/h3-5,7,14H,6,12H2,1-2H3. The second kappa shape index (κ2) is 4.99. The first-order valence-electron chi connectivity index (χ1n) is 4.94. The van der Waals surface area contributed by atoms with Gasteiger partial charge in [-0.3, -0.25) is 0 Å². The summed E-state index contributed by atoms with van der Waals surface area (Å²) < 4.78 is 38.4. The van der Waals surface area contributed by atoms with Crippen LogP contribution in [-0.4, -0.2) is 37.5 Å². The molecule has 1 atom stereocenters. The smallest absolute Gasteiger partial charge is 0.246 e. The number of aliphatic hydroxyl groups excluding tert-OH is 1. The molecular weight excluding hydrogens is 247 g/mol. The maximum atomic E-state index is 13.5. The van der Waals surface area contributed by atoms with Crippen molar-refractivity contribution < 1.29 is 17.9 Å². The zero-order chi connectivity index (χ0) is 13.2. The molecule has 0 fully saturated rings. The van der Waals surface area contributed by atoms with Crippen molar-refractivity contribution in [3.8, 4) is 0 Å². The van der Waals surface area contributed by atoms with Crippen LogP contribution in [0.25, 0.3) is 0 Å². The monoisotopic (exact) mass is 262 g/mol. The zero-order valence-corrected chi connectivity index (χ0v) is 10.4. The highest BCUT2D eigenvalue weighted by Crippen LogP contribution is 2.22. The average Bonchev–Trinajstić information content (AvgIpc) is 2.30. The van der Waals surface area contributed by atoms with E-state index < -0.39 is 26.8 Å². The predicted molar refractivity (Wildman–Crippen MR) is 62.3 cm³/mol. The third kappa shape index (κ3) is 2.74. The van der Waals surface area contributed by atoms with Crippen LogP contribution in [0.2, 0.25) is 0 Å². The minimum atomic E-state index is -3.99. The quantitative estimate of drug-likeness (QED) is 0.770. The van der Waals surface area contributed by atoms with E-state index in [9.17, 15) is 12.8 Å². The van der Waals surface area contributed by atoms with Crippen molar-refractivity contribution in [3.05, 3.63) is 24.0 Å². The number of sulfonamides is 1.